The first-order valence-electron chi connectivity index (χ1n) is 9.91. The molecule has 0 N–H and O–H groups in total. The van der Waals surface area contributed by atoms with Gasteiger partial charge in [0.1, 0.15) is 5.82 Å². The predicted octanol–water partition coefficient (Wildman–Crippen LogP) is 5.28. The summed E-state index contributed by atoms with van der Waals surface area (Å²) >= 11 is 0. The fraction of sp³-hybridized carbons (Fsp3) is 0.375. The third-order valence-electron chi connectivity index (χ3n) is 5.51. The van der Waals surface area contributed by atoms with Crippen LogP contribution in [0.2, 0.25) is 0 Å². The largest absolute Gasteiger partial charge is 0.354 e. The third-order valence-corrected chi connectivity index (χ3v) is 5.51. The monoisotopic (exact) mass is 395 g/mol. The van der Waals surface area contributed by atoms with Crippen LogP contribution < -0.4 is 4.90 Å². The molecule has 4 heteroatoms. The maximum Gasteiger partial charge on any atom is 0.129 e. The zero-order chi connectivity index (χ0) is 18.9. The van der Waals surface area contributed by atoms with E-state index in [0.717, 1.165) is 44.1 Å². The van der Waals surface area contributed by atoms with Gasteiger partial charge in [0, 0.05) is 38.1 Å². The molecule has 1 aliphatic rings. The van der Waals surface area contributed by atoms with E-state index in [1.165, 1.54) is 16.5 Å². The molecule has 0 aliphatic carbocycles. The highest BCUT2D eigenvalue weighted by Crippen LogP contribution is 2.23. The first-order chi connectivity index (χ1) is 13.0. The molecule has 1 fully saturated rings. The van der Waals surface area contributed by atoms with Crippen LogP contribution in [0.5, 0.6) is 0 Å². The number of benzene rings is 2. The van der Waals surface area contributed by atoms with E-state index in [4.69, 9.17) is 4.98 Å². The van der Waals surface area contributed by atoms with Gasteiger partial charge in [0.15, 0.2) is 0 Å². The molecule has 148 valence electrons. The van der Waals surface area contributed by atoms with Gasteiger partial charge in [-0.05, 0) is 34.7 Å². The number of piperazine rings is 1. The maximum absolute atomic E-state index is 4.85. The molecule has 4 rings (SSSR count). The second-order valence-electron chi connectivity index (χ2n) is 8.57. The van der Waals surface area contributed by atoms with Crippen LogP contribution in [0.3, 0.4) is 0 Å². The predicted molar refractivity (Wildman–Crippen MR) is 122 cm³/mol. The van der Waals surface area contributed by atoms with Crippen molar-refractivity contribution in [3.63, 3.8) is 0 Å². The summed E-state index contributed by atoms with van der Waals surface area (Å²) in [5, 5.41) is 1.21. The molecule has 2 aromatic carbocycles. The van der Waals surface area contributed by atoms with Gasteiger partial charge in [0.05, 0.1) is 5.52 Å². The van der Waals surface area contributed by atoms with E-state index < -0.39 is 0 Å². The van der Waals surface area contributed by atoms with Crippen molar-refractivity contribution in [2.75, 3.05) is 31.1 Å². The van der Waals surface area contributed by atoms with Gasteiger partial charge in [0.25, 0.3) is 0 Å². The summed E-state index contributed by atoms with van der Waals surface area (Å²) in [6.07, 6.45) is 0. The van der Waals surface area contributed by atoms with Crippen molar-refractivity contribution in [3.8, 4) is 0 Å². The Kier molecular flexibility index (Phi) is 6.26. The molecule has 1 aromatic heterocycles. The lowest BCUT2D eigenvalue weighted by Gasteiger charge is -2.35. The third kappa shape index (κ3) is 4.65. The van der Waals surface area contributed by atoms with E-state index in [-0.39, 0.29) is 17.8 Å². The van der Waals surface area contributed by atoms with Crippen LogP contribution >= 0.6 is 12.4 Å². The lowest BCUT2D eigenvalue weighted by atomic mass is 9.87. The minimum atomic E-state index is 0. The van der Waals surface area contributed by atoms with Crippen LogP contribution in [0.15, 0.2) is 60.7 Å². The van der Waals surface area contributed by atoms with Crippen LogP contribution in [-0.4, -0.2) is 36.1 Å². The molecule has 0 spiro atoms. The number of fused-ring (bicyclic) bond motifs is 1. The molecule has 3 nitrogen and oxygen atoms in total. The average Bonchev–Trinajstić information content (AvgIpc) is 2.68. The number of para-hydroxylation sites is 1. The summed E-state index contributed by atoms with van der Waals surface area (Å²) in [5.74, 6) is 1.10. The van der Waals surface area contributed by atoms with Crippen LogP contribution in [0.1, 0.15) is 31.9 Å². The van der Waals surface area contributed by atoms with E-state index in [1.807, 2.05) is 0 Å². The van der Waals surface area contributed by atoms with Crippen LogP contribution in [0.25, 0.3) is 10.9 Å². The lowest BCUT2D eigenvalue weighted by molar-refractivity contribution is 0.249. The summed E-state index contributed by atoms with van der Waals surface area (Å²) in [6.45, 7) is 12.1. The van der Waals surface area contributed by atoms with E-state index in [1.54, 1.807) is 0 Å². The molecule has 0 bridgehead atoms. The summed E-state index contributed by atoms with van der Waals surface area (Å²) < 4.78 is 0. The molecule has 1 saturated heterocycles. The van der Waals surface area contributed by atoms with Crippen molar-refractivity contribution >= 4 is 29.1 Å². The van der Waals surface area contributed by atoms with Crippen molar-refractivity contribution in [1.82, 2.24) is 9.88 Å². The Bertz CT molecular complexity index is 907. The highest BCUT2D eigenvalue weighted by atomic mass is 35.5. The standard InChI is InChI=1S/C24H29N3.ClH/c1-24(2,3)21-11-8-19(9-12-21)18-26-14-16-27(17-15-26)23-13-10-20-6-4-5-7-22(20)25-23;/h4-13H,14-18H2,1-3H3;1H. The van der Waals surface area contributed by atoms with Gasteiger partial charge in [-0.25, -0.2) is 4.98 Å². The average molecular weight is 396 g/mol. The second-order valence-corrected chi connectivity index (χ2v) is 8.57. The molecule has 0 radical (unpaired) electrons. The summed E-state index contributed by atoms with van der Waals surface area (Å²) in [6, 6.07) is 21.8. The molecule has 1 aliphatic heterocycles. The van der Waals surface area contributed by atoms with Crippen LogP contribution in [0.4, 0.5) is 5.82 Å². The Morgan fingerprint density at radius 3 is 2.18 bits per heavy atom. The highest BCUT2D eigenvalue weighted by Gasteiger charge is 2.19. The normalized spacial score (nSPS) is 15.5. The van der Waals surface area contributed by atoms with Gasteiger partial charge >= 0.3 is 0 Å². The minimum absolute atomic E-state index is 0. The summed E-state index contributed by atoms with van der Waals surface area (Å²) in [4.78, 5) is 9.80. The summed E-state index contributed by atoms with van der Waals surface area (Å²) in [7, 11) is 0. The topological polar surface area (TPSA) is 19.4 Å². The van der Waals surface area contributed by atoms with E-state index in [2.05, 4.69) is 91.2 Å². The number of aromatic nitrogens is 1. The Hall–Kier alpha value is -2.10. The van der Waals surface area contributed by atoms with Gasteiger partial charge in [-0.15, -0.1) is 12.4 Å². The molecule has 0 amide bonds. The van der Waals surface area contributed by atoms with Crippen molar-refractivity contribution < 1.29 is 0 Å². The number of rotatable bonds is 3. The van der Waals surface area contributed by atoms with Gasteiger partial charge in [0.2, 0.25) is 0 Å². The molecule has 28 heavy (non-hydrogen) atoms. The van der Waals surface area contributed by atoms with Gasteiger partial charge < -0.3 is 4.90 Å². The Morgan fingerprint density at radius 1 is 0.821 bits per heavy atom. The SMILES string of the molecule is CC(C)(C)c1ccc(CN2CCN(c3ccc4ccccc4n3)CC2)cc1.Cl. The number of pyridine rings is 1. The number of nitrogens with zero attached hydrogens (tertiary/aromatic N) is 3. The van der Waals surface area contributed by atoms with E-state index in [0.29, 0.717) is 0 Å². The van der Waals surface area contributed by atoms with Crippen LogP contribution in [0, 0.1) is 0 Å². The minimum Gasteiger partial charge on any atom is -0.354 e. The fourth-order valence-electron chi connectivity index (χ4n) is 3.73. The number of anilines is 1. The van der Waals surface area contributed by atoms with Crippen molar-refractivity contribution in [3.05, 3.63) is 71.8 Å². The van der Waals surface area contributed by atoms with Crippen molar-refractivity contribution in [2.45, 2.75) is 32.7 Å². The maximum atomic E-state index is 4.85. The van der Waals surface area contributed by atoms with Crippen molar-refractivity contribution in [1.29, 1.82) is 0 Å². The number of hydrogen-bond donors (Lipinski definition) is 0. The van der Waals surface area contributed by atoms with E-state index >= 15 is 0 Å². The molecule has 0 saturated carbocycles. The molecular weight excluding hydrogens is 366 g/mol. The first-order valence-corrected chi connectivity index (χ1v) is 9.91. The Balaban J connectivity index is 0.00000225. The van der Waals surface area contributed by atoms with Crippen molar-refractivity contribution in [2.24, 2.45) is 0 Å². The molecule has 0 unspecified atom stereocenters. The molecule has 0 atom stereocenters. The molecule has 2 heterocycles. The molecular formula is C24H30ClN3. The zero-order valence-electron chi connectivity index (χ0n) is 17.1. The lowest BCUT2D eigenvalue weighted by Crippen LogP contribution is -2.46. The second kappa shape index (κ2) is 8.50. The fourth-order valence-corrected chi connectivity index (χ4v) is 3.73. The highest BCUT2D eigenvalue weighted by molar-refractivity contribution is 5.85. The van der Waals surface area contributed by atoms with Gasteiger partial charge in [-0.2, -0.15) is 0 Å². The van der Waals surface area contributed by atoms with Gasteiger partial charge in [-0.3, -0.25) is 4.90 Å². The molecule has 3 aromatic rings. The Morgan fingerprint density at radius 2 is 1.50 bits per heavy atom. The number of halogens is 1. The zero-order valence-corrected chi connectivity index (χ0v) is 17.9. The quantitative estimate of drug-likeness (QED) is 0.601. The van der Waals surface area contributed by atoms with E-state index in [9.17, 15) is 0 Å². The van der Waals surface area contributed by atoms with Crippen LogP contribution in [-0.2, 0) is 12.0 Å². The van der Waals surface area contributed by atoms with Gasteiger partial charge in [-0.1, -0.05) is 63.2 Å². The smallest absolute Gasteiger partial charge is 0.129 e. The Labute approximate surface area is 174 Å². The summed E-state index contributed by atoms with van der Waals surface area (Å²) in [5.41, 5.74) is 4.10. The number of hydrogen-bond acceptors (Lipinski definition) is 3. The first kappa shape index (κ1) is 20.6.